The Labute approximate surface area is 400 Å². The molecule has 15 heteroatoms. The van der Waals surface area contributed by atoms with E-state index in [4.69, 9.17) is 15.5 Å². The number of aromatic hydroxyl groups is 1. The summed E-state index contributed by atoms with van der Waals surface area (Å²) in [6.45, 7) is 8.17. The summed E-state index contributed by atoms with van der Waals surface area (Å²) in [5.74, 6) is -0.947. The second kappa shape index (κ2) is 20.0. The molecule has 1 amide bonds. The number of piperazine rings is 2. The van der Waals surface area contributed by atoms with Crippen molar-refractivity contribution >= 4 is 68.4 Å². The number of aromatic nitrogens is 1. The van der Waals surface area contributed by atoms with Gasteiger partial charge in [0.2, 0.25) is 5.91 Å². The second-order valence-electron chi connectivity index (χ2n) is 18.0. The maximum Gasteiger partial charge on any atom is 0.337 e. The summed E-state index contributed by atoms with van der Waals surface area (Å²) in [6.07, 6.45) is 0.702. The molecule has 0 atom stereocenters. The first kappa shape index (κ1) is 46.6. The lowest BCUT2D eigenvalue weighted by Gasteiger charge is -2.34. The van der Waals surface area contributed by atoms with Crippen molar-refractivity contribution < 1.29 is 28.6 Å². The van der Waals surface area contributed by atoms with E-state index in [-0.39, 0.29) is 29.7 Å². The molecular weight excluding hydrogens is 874 g/mol. The Hall–Kier alpha value is -7.46. The monoisotopic (exact) mass is 929 g/mol. The Morgan fingerprint density at radius 1 is 0.826 bits per heavy atom. The van der Waals surface area contributed by atoms with E-state index in [0.717, 1.165) is 80.2 Å². The molecule has 4 aliphatic rings. The Balaban J connectivity index is 0.000000180. The minimum Gasteiger partial charge on any atom is -0.494 e. The lowest BCUT2D eigenvalue weighted by atomic mass is 9.85. The van der Waals surface area contributed by atoms with Crippen LogP contribution in [0.25, 0.3) is 16.6 Å². The molecule has 14 nitrogen and oxygen atoms in total. The van der Waals surface area contributed by atoms with Crippen LogP contribution in [0, 0.1) is 5.82 Å². The van der Waals surface area contributed by atoms with Crippen LogP contribution in [0.3, 0.4) is 0 Å². The fourth-order valence-corrected chi connectivity index (χ4v) is 9.32. The van der Waals surface area contributed by atoms with E-state index in [1.165, 1.54) is 18.9 Å². The predicted octanol–water partition coefficient (Wildman–Crippen LogP) is 6.74. The number of H-pyrrole nitrogens is 1. The molecule has 10 rings (SSSR count). The number of nitrogens with two attached hydrogens (primary N) is 1. The van der Waals surface area contributed by atoms with Crippen molar-refractivity contribution in [3.63, 3.8) is 0 Å². The van der Waals surface area contributed by atoms with E-state index in [1.807, 2.05) is 60.7 Å². The minimum atomic E-state index is -0.457. The van der Waals surface area contributed by atoms with Crippen LogP contribution in [-0.4, -0.2) is 141 Å². The molecule has 0 radical (unpaired) electrons. The average molecular weight is 930 g/mol. The molecule has 0 bridgehead atoms. The van der Waals surface area contributed by atoms with Crippen molar-refractivity contribution in [3.05, 3.63) is 154 Å². The number of benzene rings is 5. The van der Waals surface area contributed by atoms with Gasteiger partial charge in [0.25, 0.3) is 0 Å². The number of halogens is 1. The van der Waals surface area contributed by atoms with Gasteiger partial charge in [-0.05, 0) is 85.9 Å². The van der Waals surface area contributed by atoms with Crippen LogP contribution < -0.4 is 15.5 Å². The number of esters is 1. The lowest BCUT2D eigenvalue weighted by Crippen LogP contribution is -2.48. The van der Waals surface area contributed by atoms with Crippen LogP contribution in [0.4, 0.5) is 27.1 Å². The zero-order valence-electron chi connectivity index (χ0n) is 39.3. The van der Waals surface area contributed by atoms with Gasteiger partial charge in [-0.15, -0.1) is 0 Å². The van der Waals surface area contributed by atoms with Crippen molar-refractivity contribution in [1.29, 1.82) is 0 Å². The van der Waals surface area contributed by atoms with Gasteiger partial charge in [-0.1, -0.05) is 48.5 Å². The van der Waals surface area contributed by atoms with Gasteiger partial charge < -0.3 is 40.2 Å². The molecular formula is C54H56FN9O5. The Kier molecular flexibility index (Phi) is 13.5. The molecule has 4 N–H and O–H groups in total. The molecule has 5 aromatic carbocycles. The summed E-state index contributed by atoms with van der Waals surface area (Å²) in [4.78, 5) is 61.2. The SMILES string of the molecule is CN1CCN(c2ccc3c(c2)CC(C2=C(N)c4c(F)cccc4CC2=O)=N3)CC1.COC(=O)c1ccc2c(C(=Nc3ccc(N(C)C(=O)CN4CCN(C)CC4)cc3)c3ccccc3)c(O)[nH]c2c1. The summed E-state index contributed by atoms with van der Waals surface area (Å²) in [5, 5.41) is 11.7. The maximum atomic E-state index is 14.4. The van der Waals surface area contributed by atoms with Crippen LogP contribution >= 0.6 is 0 Å². The molecule has 1 aliphatic carbocycles. The molecule has 3 aliphatic heterocycles. The number of likely N-dealkylation sites (N-methyl/N-ethyl adjacent to an activating group) is 3. The highest BCUT2D eigenvalue weighted by Crippen LogP contribution is 2.37. The molecule has 6 aromatic rings. The number of carbonyl (C=O) groups excluding carboxylic acids is 3. The number of carbonyl (C=O) groups is 3. The highest BCUT2D eigenvalue weighted by molar-refractivity contribution is 6.30. The first-order chi connectivity index (χ1) is 33.3. The molecule has 0 spiro atoms. The minimum absolute atomic E-state index is 0.0424. The van der Waals surface area contributed by atoms with E-state index in [1.54, 1.807) is 42.3 Å². The smallest absolute Gasteiger partial charge is 0.337 e. The van der Waals surface area contributed by atoms with Crippen molar-refractivity contribution in [2.45, 2.75) is 12.8 Å². The molecule has 0 unspecified atom stereocenters. The molecule has 2 fully saturated rings. The molecule has 69 heavy (non-hydrogen) atoms. The van der Waals surface area contributed by atoms with Crippen LogP contribution in [0.1, 0.15) is 38.2 Å². The number of Topliss-reactive ketones (excluding diaryl/α,β-unsaturated/α-hetero) is 1. The number of ketones is 1. The zero-order valence-corrected chi connectivity index (χ0v) is 39.3. The number of ether oxygens (including phenoxy) is 1. The fourth-order valence-electron chi connectivity index (χ4n) is 9.32. The van der Waals surface area contributed by atoms with Crippen molar-refractivity contribution in [3.8, 4) is 5.88 Å². The number of methoxy groups -OCH3 is 1. The standard InChI is InChI=1S/C31H33N5O4.C23H23FN4O/c1-34-15-17-36(18-16-34)20-27(37)35(2)24-12-10-23(11-13-24)32-29(21-7-5-4-6-8-21)28-25-14-9-22(31(39)40-3)19-26(25)33-30(28)38;1-27-7-9-28(10-8-27)16-5-6-18-15(11-16)12-19(26-18)22-20(29)13-14-3-2-4-17(24)21(14)23(22)25/h4-14,19,33,38H,15-18,20H2,1-3H3;2-6,11H,7-10,12-13,25H2,1H3. The highest BCUT2D eigenvalue weighted by Gasteiger charge is 2.32. The number of nitrogens with zero attached hydrogens (tertiary/aromatic N) is 7. The van der Waals surface area contributed by atoms with E-state index >= 15 is 0 Å². The Morgan fingerprint density at radius 3 is 2.25 bits per heavy atom. The molecule has 2 saturated heterocycles. The summed E-state index contributed by atoms with van der Waals surface area (Å²) >= 11 is 0. The summed E-state index contributed by atoms with van der Waals surface area (Å²) in [7, 11) is 7.36. The molecule has 1 aromatic heterocycles. The first-order valence-corrected chi connectivity index (χ1v) is 23.1. The van der Waals surface area contributed by atoms with Gasteiger partial charge in [-0.3, -0.25) is 19.5 Å². The van der Waals surface area contributed by atoms with E-state index in [2.05, 4.69) is 55.8 Å². The van der Waals surface area contributed by atoms with Gasteiger partial charge >= 0.3 is 5.97 Å². The number of anilines is 2. The van der Waals surface area contributed by atoms with Crippen LogP contribution in [0.15, 0.2) is 125 Å². The van der Waals surface area contributed by atoms with Gasteiger partial charge in [0.15, 0.2) is 11.7 Å². The maximum absolute atomic E-state index is 14.4. The quantitative estimate of drug-likeness (QED) is 0.105. The number of nitrogens with one attached hydrogen (secondary N) is 1. The number of rotatable bonds is 9. The van der Waals surface area contributed by atoms with Gasteiger partial charge in [-0.2, -0.15) is 0 Å². The lowest BCUT2D eigenvalue weighted by molar-refractivity contribution is -0.120. The number of aromatic amines is 1. The first-order valence-electron chi connectivity index (χ1n) is 23.1. The number of fused-ring (bicyclic) bond motifs is 3. The summed E-state index contributed by atoms with van der Waals surface area (Å²) in [6, 6.07) is 33.2. The zero-order chi connectivity index (χ0) is 48.3. The Bertz CT molecular complexity index is 3020. The van der Waals surface area contributed by atoms with Crippen molar-refractivity contribution in [1.82, 2.24) is 19.7 Å². The van der Waals surface area contributed by atoms with Crippen molar-refractivity contribution in [2.24, 2.45) is 15.7 Å². The van der Waals surface area contributed by atoms with Gasteiger partial charge in [0.1, 0.15) is 5.82 Å². The second-order valence-corrected chi connectivity index (χ2v) is 18.0. The Morgan fingerprint density at radius 2 is 1.54 bits per heavy atom. The summed E-state index contributed by atoms with van der Waals surface area (Å²) in [5.41, 5.74) is 16.0. The third kappa shape index (κ3) is 9.93. The number of allylic oxidation sites excluding steroid dienone is 1. The van der Waals surface area contributed by atoms with Crippen molar-refractivity contribution in [2.75, 3.05) is 97.0 Å². The highest BCUT2D eigenvalue weighted by atomic mass is 19.1. The molecule has 0 saturated carbocycles. The van der Waals surface area contributed by atoms with Crippen LogP contribution in [0.5, 0.6) is 5.88 Å². The fraction of sp³-hybridized carbons (Fsp3) is 0.278. The topological polar surface area (TPSA) is 163 Å². The number of aliphatic imine (C=N–C) groups is 2. The number of hydrogen-bond donors (Lipinski definition) is 3. The van der Waals surface area contributed by atoms with Gasteiger partial charge in [-0.25, -0.2) is 14.2 Å². The molecule has 4 heterocycles. The molecule has 354 valence electrons. The van der Waals surface area contributed by atoms with Crippen LogP contribution in [0.2, 0.25) is 0 Å². The summed E-state index contributed by atoms with van der Waals surface area (Å²) < 4.78 is 19.2. The largest absolute Gasteiger partial charge is 0.494 e. The number of hydrogen-bond acceptors (Lipinski definition) is 12. The third-order valence-corrected chi connectivity index (χ3v) is 13.4. The normalized spacial score (nSPS) is 16.7. The number of amides is 1. The van der Waals surface area contributed by atoms with Gasteiger partial charge in [0, 0.05) is 106 Å². The van der Waals surface area contributed by atoms with Gasteiger partial charge in [0.05, 0.1) is 58.8 Å². The third-order valence-electron chi connectivity index (χ3n) is 13.4. The predicted molar refractivity (Wildman–Crippen MR) is 270 cm³/mol. The average Bonchev–Trinajstić information content (AvgIpc) is 3.93. The van der Waals surface area contributed by atoms with E-state index in [0.29, 0.717) is 63.4 Å². The van der Waals surface area contributed by atoms with E-state index in [9.17, 15) is 23.9 Å². The van der Waals surface area contributed by atoms with E-state index < -0.39 is 11.8 Å². The van der Waals surface area contributed by atoms with Crippen LogP contribution in [-0.2, 0) is 27.2 Å².